The van der Waals surface area contributed by atoms with Gasteiger partial charge in [0.1, 0.15) is 0 Å². The second kappa shape index (κ2) is 7.89. The zero-order valence-electron chi connectivity index (χ0n) is 13.8. The second-order valence-electron chi connectivity index (χ2n) is 5.57. The molecule has 3 aromatic rings. The molecule has 2 aromatic carbocycles. The summed E-state index contributed by atoms with van der Waals surface area (Å²) < 4.78 is 0. The van der Waals surface area contributed by atoms with Gasteiger partial charge in [-0.2, -0.15) is 0 Å². The minimum Gasteiger partial charge on any atom is -0.369 e. The topological polar surface area (TPSA) is 110 Å². The number of rotatable bonds is 6. The van der Waals surface area contributed by atoms with Crippen molar-refractivity contribution in [3.05, 3.63) is 78.1 Å². The SMILES string of the molecule is NC(=O)Cc1ccc(NC(=O)c2cccc(Nc3ncccn3)c2)cc1. The summed E-state index contributed by atoms with van der Waals surface area (Å²) in [5.74, 6) is -0.186. The molecule has 4 N–H and O–H groups in total. The van der Waals surface area contributed by atoms with Gasteiger partial charge in [0.25, 0.3) is 5.91 Å². The zero-order valence-corrected chi connectivity index (χ0v) is 13.8. The summed E-state index contributed by atoms with van der Waals surface area (Å²) in [5, 5.41) is 5.86. The Labute approximate surface area is 150 Å². The average molecular weight is 347 g/mol. The summed E-state index contributed by atoms with van der Waals surface area (Å²) in [6.45, 7) is 0. The largest absolute Gasteiger partial charge is 0.369 e. The Hall–Kier alpha value is -3.74. The van der Waals surface area contributed by atoms with Crippen LogP contribution in [0.3, 0.4) is 0 Å². The van der Waals surface area contributed by atoms with Gasteiger partial charge in [0, 0.05) is 29.3 Å². The number of hydrogen-bond acceptors (Lipinski definition) is 5. The van der Waals surface area contributed by atoms with Crippen LogP contribution in [0.25, 0.3) is 0 Å². The Morgan fingerprint density at radius 3 is 2.35 bits per heavy atom. The number of anilines is 3. The lowest BCUT2D eigenvalue weighted by molar-refractivity contribution is -0.117. The maximum Gasteiger partial charge on any atom is 0.255 e. The Morgan fingerprint density at radius 2 is 1.65 bits per heavy atom. The lowest BCUT2D eigenvalue weighted by Crippen LogP contribution is -2.14. The first-order chi connectivity index (χ1) is 12.6. The predicted molar refractivity (Wildman–Crippen MR) is 99.1 cm³/mol. The molecule has 0 aliphatic heterocycles. The zero-order chi connectivity index (χ0) is 18.4. The second-order valence-corrected chi connectivity index (χ2v) is 5.57. The molecule has 0 fully saturated rings. The van der Waals surface area contributed by atoms with E-state index in [4.69, 9.17) is 5.73 Å². The van der Waals surface area contributed by atoms with E-state index in [9.17, 15) is 9.59 Å². The van der Waals surface area contributed by atoms with E-state index in [1.165, 1.54) is 0 Å². The molecule has 3 rings (SSSR count). The van der Waals surface area contributed by atoms with Crippen LogP contribution >= 0.6 is 0 Å². The number of benzene rings is 2. The lowest BCUT2D eigenvalue weighted by Gasteiger charge is -2.08. The fourth-order valence-electron chi connectivity index (χ4n) is 2.34. The molecule has 7 nitrogen and oxygen atoms in total. The van der Waals surface area contributed by atoms with Gasteiger partial charge in [0.2, 0.25) is 11.9 Å². The van der Waals surface area contributed by atoms with Crippen molar-refractivity contribution in [2.24, 2.45) is 5.73 Å². The van der Waals surface area contributed by atoms with Crippen molar-refractivity contribution in [2.75, 3.05) is 10.6 Å². The number of carbonyl (C=O) groups excluding carboxylic acids is 2. The molecule has 130 valence electrons. The Morgan fingerprint density at radius 1 is 0.923 bits per heavy atom. The molecular weight excluding hydrogens is 330 g/mol. The lowest BCUT2D eigenvalue weighted by atomic mass is 10.1. The molecule has 1 aromatic heterocycles. The van der Waals surface area contributed by atoms with E-state index in [2.05, 4.69) is 20.6 Å². The standard InChI is InChI=1S/C19H17N5O2/c20-17(25)11-13-5-7-15(8-6-13)23-18(26)14-3-1-4-16(12-14)24-19-21-9-2-10-22-19/h1-10,12H,11H2,(H2,20,25)(H,23,26)(H,21,22,24). The van der Waals surface area contributed by atoms with Gasteiger partial charge in [0.15, 0.2) is 0 Å². The summed E-state index contributed by atoms with van der Waals surface area (Å²) in [4.78, 5) is 31.5. The summed E-state index contributed by atoms with van der Waals surface area (Å²) in [6.07, 6.45) is 3.44. The third-order valence-corrected chi connectivity index (χ3v) is 3.54. The van der Waals surface area contributed by atoms with E-state index in [1.807, 2.05) is 6.07 Å². The molecule has 0 bridgehead atoms. The molecule has 0 spiro atoms. The molecule has 1 heterocycles. The van der Waals surface area contributed by atoms with Crippen LogP contribution in [-0.4, -0.2) is 21.8 Å². The summed E-state index contributed by atoms with van der Waals surface area (Å²) >= 11 is 0. The quantitative estimate of drug-likeness (QED) is 0.634. The van der Waals surface area contributed by atoms with Crippen LogP contribution in [-0.2, 0) is 11.2 Å². The van der Waals surface area contributed by atoms with Gasteiger partial charge in [-0.3, -0.25) is 9.59 Å². The maximum atomic E-state index is 12.4. The van der Waals surface area contributed by atoms with E-state index < -0.39 is 5.91 Å². The van der Waals surface area contributed by atoms with Gasteiger partial charge in [-0.25, -0.2) is 9.97 Å². The molecule has 7 heteroatoms. The van der Waals surface area contributed by atoms with Gasteiger partial charge < -0.3 is 16.4 Å². The fraction of sp³-hybridized carbons (Fsp3) is 0.0526. The highest BCUT2D eigenvalue weighted by molar-refractivity contribution is 6.04. The number of nitrogens with two attached hydrogens (primary N) is 1. The number of nitrogens with one attached hydrogen (secondary N) is 2. The van der Waals surface area contributed by atoms with Crippen LogP contribution in [0, 0.1) is 0 Å². The molecular formula is C19H17N5O2. The molecule has 2 amide bonds. The number of carbonyl (C=O) groups is 2. The van der Waals surface area contributed by atoms with Gasteiger partial charge in [-0.1, -0.05) is 18.2 Å². The van der Waals surface area contributed by atoms with Crippen LogP contribution in [0.5, 0.6) is 0 Å². The Kier molecular flexibility index (Phi) is 5.19. The minimum atomic E-state index is -0.395. The van der Waals surface area contributed by atoms with E-state index >= 15 is 0 Å². The van der Waals surface area contributed by atoms with Crippen molar-refractivity contribution < 1.29 is 9.59 Å². The van der Waals surface area contributed by atoms with Crippen molar-refractivity contribution >= 4 is 29.1 Å². The van der Waals surface area contributed by atoms with Crippen LogP contribution in [0.4, 0.5) is 17.3 Å². The van der Waals surface area contributed by atoms with Crippen molar-refractivity contribution in [2.45, 2.75) is 6.42 Å². The first kappa shape index (κ1) is 17.1. The fourth-order valence-corrected chi connectivity index (χ4v) is 2.34. The number of aromatic nitrogens is 2. The first-order valence-corrected chi connectivity index (χ1v) is 7.93. The van der Waals surface area contributed by atoms with Gasteiger partial charge >= 0.3 is 0 Å². The predicted octanol–water partition coefficient (Wildman–Crippen LogP) is 2.50. The van der Waals surface area contributed by atoms with E-state index in [0.717, 1.165) is 5.56 Å². The summed E-state index contributed by atoms with van der Waals surface area (Å²) in [6, 6.07) is 15.7. The highest BCUT2D eigenvalue weighted by Crippen LogP contribution is 2.16. The highest BCUT2D eigenvalue weighted by atomic mass is 16.2. The van der Waals surface area contributed by atoms with Crippen molar-refractivity contribution in [3.8, 4) is 0 Å². The molecule has 26 heavy (non-hydrogen) atoms. The number of amides is 2. The third-order valence-electron chi connectivity index (χ3n) is 3.54. The molecule has 0 saturated heterocycles. The third kappa shape index (κ3) is 4.64. The first-order valence-electron chi connectivity index (χ1n) is 7.93. The highest BCUT2D eigenvalue weighted by Gasteiger charge is 2.08. The van der Waals surface area contributed by atoms with E-state index in [1.54, 1.807) is 60.9 Å². The molecule has 0 radical (unpaired) electrons. The molecule has 0 aliphatic rings. The van der Waals surface area contributed by atoms with E-state index in [-0.39, 0.29) is 12.3 Å². The normalized spacial score (nSPS) is 10.2. The van der Waals surface area contributed by atoms with Crippen molar-refractivity contribution in [3.63, 3.8) is 0 Å². The average Bonchev–Trinajstić information content (AvgIpc) is 2.64. The van der Waals surface area contributed by atoms with Crippen LogP contribution in [0.2, 0.25) is 0 Å². The summed E-state index contributed by atoms with van der Waals surface area (Å²) in [7, 11) is 0. The number of hydrogen-bond donors (Lipinski definition) is 3. The maximum absolute atomic E-state index is 12.4. The van der Waals surface area contributed by atoms with Crippen LogP contribution in [0.1, 0.15) is 15.9 Å². The Bertz CT molecular complexity index is 911. The van der Waals surface area contributed by atoms with Gasteiger partial charge in [-0.05, 0) is 42.0 Å². The molecule has 0 unspecified atom stereocenters. The monoisotopic (exact) mass is 347 g/mol. The molecule has 0 aliphatic carbocycles. The van der Waals surface area contributed by atoms with Crippen molar-refractivity contribution in [1.29, 1.82) is 0 Å². The van der Waals surface area contributed by atoms with E-state index in [0.29, 0.717) is 22.9 Å². The van der Waals surface area contributed by atoms with Crippen LogP contribution in [0.15, 0.2) is 67.0 Å². The Balaban J connectivity index is 1.68. The van der Waals surface area contributed by atoms with Crippen LogP contribution < -0.4 is 16.4 Å². The number of primary amides is 1. The molecule has 0 atom stereocenters. The summed E-state index contributed by atoms with van der Waals surface area (Å²) in [5.41, 5.74) is 7.80. The van der Waals surface area contributed by atoms with Gasteiger partial charge in [-0.15, -0.1) is 0 Å². The minimum absolute atomic E-state index is 0.170. The molecule has 0 saturated carbocycles. The van der Waals surface area contributed by atoms with Crippen molar-refractivity contribution in [1.82, 2.24) is 9.97 Å². The number of nitrogens with zero attached hydrogens (tertiary/aromatic N) is 2. The van der Waals surface area contributed by atoms with Gasteiger partial charge in [0.05, 0.1) is 6.42 Å². The smallest absolute Gasteiger partial charge is 0.255 e.